The first-order chi connectivity index (χ1) is 12.4. The largest absolute Gasteiger partial charge is 0.351 e. The van der Waals surface area contributed by atoms with E-state index in [4.69, 9.17) is 0 Å². The predicted molar refractivity (Wildman–Crippen MR) is 88.6 cm³/mol. The Morgan fingerprint density at radius 3 is 2.38 bits per heavy atom. The van der Waals surface area contributed by atoms with Crippen molar-refractivity contribution in [1.82, 2.24) is 10.6 Å². The molecule has 1 fully saturated rings. The van der Waals surface area contributed by atoms with Gasteiger partial charge in [0.1, 0.15) is 0 Å². The molecule has 138 valence electrons. The van der Waals surface area contributed by atoms with Crippen LogP contribution in [-0.4, -0.2) is 25.0 Å². The van der Waals surface area contributed by atoms with E-state index in [1.807, 2.05) is 0 Å². The minimum absolute atomic E-state index is 0.0990. The van der Waals surface area contributed by atoms with Crippen molar-refractivity contribution in [2.45, 2.75) is 24.8 Å². The van der Waals surface area contributed by atoms with Gasteiger partial charge in [-0.1, -0.05) is 12.1 Å². The Hall–Kier alpha value is -2.41. The lowest BCUT2D eigenvalue weighted by Crippen LogP contribution is -2.50. The third kappa shape index (κ3) is 4.22. The topological polar surface area (TPSA) is 41.1 Å². The summed E-state index contributed by atoms with van der Waals surface area (Å²) in [7, 11) is 0. The smallest absolute Gasteiger partial charge is 0.224 e. The van der Waals surface area contributed by atoms with Crippen molar-refractivity contribution in [2.75, 3.05) is 13.1 Å². The first-order valence-corrected chi connectivity index (χ1v) is 8.33. The number of hydrogen-bond donors (Lipinski definition) is 2. The second-order valence-electron chi connectivity index (χ2n) is 6.37. The normalized spacial score (nSPS) is 20.0. The molecule has 0 saturated carbocycles. The highest BCUT2D eigenvalue weighted by Gasteiger charge is 2.28. The maximum Gasteiger partial charge on any atom is 0.224 e. The first kappa shape index (κ1) is 18.4. The molecular formula is C19H18F4N2O. The Morgan fingerprint density at radius 1 is 1.00 bits per heavy atom. The molecule has 1 aliphatic rings. The van der Waals surface area contributed by atoms with Gasteiger partial charge in [0, 0.05) is 18.5 Å². The Morgan fingerprint density at radius 2 is 1.69 bits per heavy atom. The lowest BCUT2D eigenvalue weighted by Gasteiger charge is -2.33. The van der Waals surface area contributed by atoms with Gasteiger partial charge < -0.3 is 10.6 Å². The molecule has 3 nitrogen and oxygen atoms in total. The highest BCUT2D eigenvalue weighted by Crippen LogP contribution is 2.27. The molecule has 1 heterocycles. The zero-order valence-corrected chi connectivity index (χ0v) is 13.9. The molecule has 2 aromatic rings. The van der Waals surface area contributed by atoms with Crippen LogP contribution >= 0.6 is 0 Å². The zero-order valence-electron chi connectivity index (χ0n) is 13.9. The molecule has 2 atom stereocenters. The minimum Gasteiger partial charge on any atom is -0.351 e. The molecule has 0 aromatic heterocycles. The number of carbonyl (C=O) groups is 1. The van der Waals surface area contributed by atoms with E-state index in [1.54, 1.807) is 0 Å². The molecule has 0 bridgehead atoms. The maximum absolute atomic E-state index is 13.5. The fraction of sp³-hybridized carbons (Fsp3) is 0.316. The number of nitrogens with one attached hydrogen (secondary N) is 2. The fourth-order valence-corrected chi connectivity index (χ4v) is 3.24. The molecule has 2 unspecified atom stereocenters. The van der Waals surface area contributed by atoms with Crippen LogP contribution in [0, 0.1) is 23.3 Å². The SMILES string of the molecule is O=C(Cc1ccc(F)c(F)c1)NC1CNCCC1c1ccc(F)c(F)c1. The second-order valence-corrected chi connectivity index (χ2v) is 6.37. The van der Waals surface area contributed by atoms with Gasteiger partial charge in [0.05, 0.1) is 6.42 Å². The molecule has 1 amide bonds. The second kappa shape index (κ2) is 7.86. The zero-order chi connectivity index (χ0) is 18.7. The lowest BCUT2D eigenvalue weighted by molar-refractivity contribution is -0.121. The van der Waals surface area contributed by atoms with Gasteiger partial charge in [-0.2, -0.15) is 0 Å². The Bertz CT molecular complexity index is 812. The van der Waals surface area contributed by atoms with Crippen LogP contribution in [0.1, 0.15) is 23.5 Å². The average Bonchev–Trinajstić information content (AvgIpc) is 2.61. The van der Waals surface area contributed by atoms with Crippen LogP contribution in [0.15, 0.2) is 36.4 Å². The van der Waals surface area contributed by atoms with Gasteiger partial charge in [-0.05, 0) is 48.4 Å². The van der Waals surface area contributed by atoms with Crippen molar-refractivity contribution in [3.05, 3.63) is 70.8 Å². The van der Waals surface area contributed by atoms with Crippen molar-refractivity contribution in [2.24, 2.45) is 0 Å². The molecule has 1 saturated heterocycles. The van der Waals surface area contributed by atoms with E-state index in [-0.39, 0.29) is 24.3 Å². The summed E-state index contributed by atoms with van der Waals surface area (Å²) < 4.78 is 52.9. The number of piperidine rings is 1. The molecule has 1 aliphatic heterocycles. The third-order valence-electron chi connectivity index (χ3n) is 4.55. The molecule has 0 spiro atoms. The van der Waals surface area contributed by atoms with Crippen LogP contribution in [0.2, 0.25) is 0 Å². The van der Waals surface area contributed by atoms with E-state index >= 15 is 0 Å². The quantitative estimate of drug-likeness (QED) is 0.817. The number of amides is 1. The molecule has 0 radical (unpaired) electrons. The van der Waals surface area contributed by atoms with E-state index in [9.17, 15) is 22.4 Å². The molecular weight excluding hydrogens is 348 g/mol. The highest BCUT2D eigenvalue weighted by molar-refractivity contribution is 5.79. The first-order valence-electron chi connectivity index (χ1n) is 8.33. The summed E-state index contributed by atoms with van der Waals surface area (Å²) in [6, 6.07) is 6.75. The van der Waals surface area contributed by atoms with Crippen LogP contribution in [0.3, 0.4) is 0 Å². The van der Waals surface area contributed by atoms with E-state index in [0.29, 0.717) is 30.6 Å². The standard InChI is InChI=1S/C19H18F4N2O/c20-14-3-1-11(7-16(14)22)8-19(26)25-18-10-24-6-5-13(18)12-2-4-15(21)17(23)9-12/h1-4,7,9,13,18,24H,5-6,8,10H2,(H,25,26). The van der Waals surface area contributed by atoms with Gasteiger partial charge in [-0.3, -0.25) is 4.79 Å². The fourth-order valence-electron chi connectivity index (χ4n) is 3.24. The monoisotopic (exact) mass is 366 g/mol. The number of hydrogen-bond acceptors (Lipinski definition) is 2. The van der Waals surface area contributed by atoms with Crippen molar-refractivity contribution in [1.29, 1.82) is 0 Å². The van der Waals surface area contributed by atoms with E-state index < -0.39 is 23.3 Å². The number of carbonyl (C=O) groups excluding carboxylic acids is 1. The van der Waals surface area contributed by atoms with E-state index in [1.165, 1.54) is 12.1 Å². The summed E-state index contributed by atoms with van der Waals surface area (Å²) in [6.45, 7) is 1.17. The molecule has 7 heteroatoms. The van der Waals surface area contributed by atoms with Gasteiger partial charge in [0.2, 0.25) is 5.91 Å². The summed E-state index contributed by atoms with van der Waals surface area (Å²) in [5.74, 6) is -4.33. The van der Waals surface area contributed by atoms with Crippen LogP contribution < -0.4 is 10.6 Å². The van der Waals surface area contributed by atoms with Crippen LogP contribution in [-0.2, 0) is 11.2 Å². The molecule has 0 aliphatic carbocycles. The van der Waals surface area contributed by atoms with Crippen molar-refractivity contribution in [3.63, 3.8) is 0 Å². The van der Waals surface area contributed by atoms with Crippen molar-refractivity contribution in [3.8, 4) is 0 Å². The molecule has 3 rings (SSSR count). The molecule has 2 N–H and O–H groups in total. The predicted octanol–water partition coefficient (Wildman–Crippen LogP) is 3.05. The van der Waals surface area contributed by atoms with Gasteiger partial charge in [0.25, 0.3) is 0 Å². The number of halogens is 4. The Kier molecular flexibility index (Phi) is 5.56. The molecule has 26 heavy (non-hydrogen) atoms. The summed E-state index contributed by atoms with van der Waals surface area (Å²) in [5.41, 5.74) is 0.970. The van der Waals surface area contributed by atoms with E-state index in [0.717, 1.165) is 24.3 Å². The third-order valence-corrected chi connectivity index (χ3v) is 4.55. The summed E-state index contributed by atoms with van der Waals surface area (Å²) in [4.78, 5) is 12.3. The van der Waals surface area contributed by atoms with Crippen LogP contribution in [0.25, 0.3) is 0 Å². The number of rotatable bonds is 4. The van der Waals surface area contributed by atoms with Gasteiger partial charge >= 0.3 is 0 Å². The van der Waals surface area contributed by atoms with Crippen molar-refractivity contribution < 1.29 is 22.4 Å². The highest BCUT2D eigenvalue weighted by atomic mass is 19.2. The summed E-state index contributed by atoms with van der Waals surface area (Å²) in [6.07, 6.45) is 0.555. The van der Waals surface area contributed by atoms with Crippen LogP contribution in [0.5, 0.6) is 0 Å². The lowest BCUT2D eigenvalue weighted by atomic mass is 9.86. The maximum atomic E-state index is 13.5. The van der Waals surface area contributed by atoms with Gasteiger partial charge in [-0.15, -0.1) is 0 Å². The number of benzene rings is 2. The Balaban J connectivity index is 1.70. The Labute approximate surface area is 148 Å². The van der Waals surface area contributed by atoms with Crippen molar-refractivity contribution >= 4 is 5.91 Å². The van der Waals surface area contributed by atoms with E-state index in [2.05, 4.69) is 10.6 Å². The van der Waals surface area contributed by atoms with Gasteiger partial charge in [-0.25, -0.2) is 17.6 Å². The summed E-state index contributed by atoms with van der Waals surface area (Å²) >= 11 is 0. The minimum atomic E-state index is -1.01. The van der Waals surface area contributed by atoms with Crippen LogP contribution in [0.4, 0.5) is 17.6 Å². The molecule has 2 aromatic carbocycles. The summed E-state index contributed by atoms with van der Waals surface area (Å²) in [5, 5.41) is 6.00. The van der Waals surface area contributed by atoms with Gasteiger partial charge in [0.15, 0.2) is 23.3 Å². The average molecular weight is 366 g/mol.